The molecule has 1 aliphatic rings. The molecule has 4 heterocycles. The molecule has 6 nitrogen and oxygen atoms in total. The topological polar surface area (TPSA) is 70.5 Å². The first kappa shape index (κ1) is 14.2. The van der Waals surface area contributed by atoms with Crippen LogP contribution in [0.2, 0.25) is 0 Å². The molecule has 1 saturated heterocycles. The van der Waals surface area contributed by atoms with Crippen LogP contribution in [0.4, 0.5) is 0 Å². The van der Waals surface area contributed by atoms with E-state index in [1.54, 1.807) is 26.8 Å². The van der Waals surface area contributed by atoms with Gasteiger partial charge in [-0.3, -0.25) is 9.59 Å². The highest BCUT2D eigenvalue weighted by molar-refractivity contribution is 7.08. The van der Waals surface area contributed by atoms with Crippen molar-refractivity contribution in [2.24, 2.45) is 0 Å². The number of aromatic amines is 1. The molecular weight excluding hydrogens is 312 g/mol. The molecular formula is C16H16N4O2S. The van der Waals surface area contributed by atoms with E-state index >= 15 is 0 Å². The second kappa shape index (κ2) is 5.34. The van der Waals surface area contributed by atoms with Crippen LogP contribution >= 0.6 is 11.3 Å². The van der Waals surface area contributed by atoms with Gasteiger partial charge in [0.2, 0.25) is 0 Å². The summed E-state index contributed by atoms with van der Waals surface area (Å²) in [6, 6.07) is 3.88. The summed E-state index contributed by atoms with van der Waals surface area (Å²) >= 11 is 1.62. The monoisotopic (exact) mass is 328 g/mol. The second-order valence-corrected chi connectivity index (χ2v) is 6.61. The fourth-order valence-electron chi connectivity index (χ4n) is 3.20. The van der Waals surface area contributed by atoms with Crippen molar-refractivity contribution >= 4 is 22.9 Å². The molecule has 0 aromatic carbocycles. The number of carbonyl (C=O) groups is 1. The SMILES string of the molecule is Cc1cc2[nH]c(=O)c(C(=O)N3CCC[C@@H]3c3ccsc3)cn2n1. The van der Waals surface area contributed by atoms with Gasteiger partial charge in [0, 0.05) is 18.8 Å². The van der Waals surface area contributed by atoms with Crippen LogP contribution in [0.1, 0.15) is 40.5 Å². The summed E-state index contributed by atoms with van der Waals surface area (Å²) in [4.78, 5) is 29.7. The number of likely N-dealkylation sites (tertiary alicyclic amines) is 1. The Morgan fingerprint density at radius 1 is 1.48 bits per heavy atom. The number of H-pyrrole nitrogens is 1. The van der Waals surface area contributed by atoms with Crippen LogP contribution in [0.3, 0.4) is 0 Å². The van der Waals surface area contributed by atoms with Crippen LogP contribution in [-0.2, 0) is 0 Å². The van der Waals surface area contributed by atoms with E-state index in [4.69, 9.17) is 0 Å². The van der Waals surface area contributed by atoms with Gasteiger partial charge in [-0.1, -0.05) is 0 Å². The molecule has 118 valence electrons. The first-order chi connectivity index (χ1) is 11.1. The van der Waals surface area contributed by atoms with Crippen LogP contribution in [0.25, 0.3) is 5.65 Å². The minimum absolute atomic E-state index is 0.0585. The third-order valence-electron chi connectivity index (χ3n) is 4.27. The first-order valence-corrected chi connectivity index (χ1v) is 8.50. The average molecular weight is 328 g/mol. The lowest BCUT2D eigenvalue weighted by molar-refractivity contribution is 0.0733. The largest absolute Gasteiger partial charge is 0.331 e. The van der Waals surface area contributed by atoms with Crippen molar-refractivity contribution in [2.75, 3.05) is 6.54 Å². The molecule has 3 aromatic heterocycles. The van der Waals surface area contributed by atoms with Crippen molar-refractivity contribution in [1.82, 2.24) is 19.5 Å². The van der Waals surface area contributed by atoms with E-state index in [9.17, 15) is 9.59 Å². The van der Waals surface area contributed by atoms with E-state index in [1.807, 2.05) is 18.4 Å². The Morgan fingerprint density at radius 3 is 3.13 bits per heavy atom. The van der Waals surface area contributed by atoms with E-state index in [-0.39, 0.29) is 23.1 Å². The molecule has 0 spiro atoms. The van der Waals surface area contributed by atoms with Crippen LogP contribution in [0.5, 0.6) is 0 Å². The highest BCUT2D eigenvalue weighted by atomic mass is 32.1. The van der Waals surface area contributed by atoms with Crippen LogP contribution < -0.4 is 5.56 Å². The molecule has 1 atom stereocenters. The molecule has 7 heteroatoms. The van der Waals surface area contributed by atoms with Crippen molar-refractivity contribution < 1.29 is 4.79 Å². The van der Waals surface area contributed by atoms with Gasteiger partial charge in [0.1, 0.15) is 11.2 Å². The van der Waals surface area contributed by atoms with Gasteiger partial charge in [-0.05, 0) is 42.2 Å². The highest BCUT2D eigenvalue weighted by Crippen LogP contribution is 2.33. The molecule has 0 radical (unpaired) electrons. The number of nitrogens with one attached hydrogen (secondary N) is 1. The van der Waals surface area contributed by atoms with Gasteiger partial charge in [0.05, 0.1) is 11.7 Å². The summed E-state index contributed by atoms with van der Waals surface area (Å²) in [7, 11) is 0. The summed E-state index contributed by atoms with van der Waals surface area (Å²) in [6.07, 6.45) is 3.42. The zero-order valence-electron chi connectivity index (χ0n) is 12.7. The molecule has 0 aliphatic carbocycles. The van der Waals surface area contributed by atoms with Gasteiger partial charge in [-0.2, -0.15) is 16.4 Å². The van der Waals surface area contributed by atoms with Gasteiger partial charge in [0.25, 0.3) is 11.5 Å². The highest BCUT2D eigenvalue weighted by Gasteiger charge is 2.32. The molecule has 1 fully saturated rings. The summed E-state index contributed by atoms with van der Waals surface area (Å²) in [5.41, 5.74) is 2.32. The Bertz CT molecular complexity index is 925. The summed E-state index contributed by atoms with van der Waals surface area (Å²) in [5.74, 6) is -0.227. The molecule has 1 N–H and O–H groups in total. The zero-order valence-corrected chi connectivity index (χ0v) is 13.5. The van der Waals surface area contributed by atoms with Gasteiger partial charge >= 0.3 is 0 Å². The summed E-state index contributed by atoms with van der Waals surface area (Å²) in [5, 5.41) is 8.36. The van der Waals surface area contributed by atoms with Crippen molar-refractivity contribution in [3.05, 3.63) is 56.3 Å². The van der Waals surface area contributed by atoms with Gasteiger partial charge in [0.15, 0.2) is 0 Å². The summed E-state index contributed by atoms with van der Waals surface area (Å²) in [6.45, 7) is 2.52. The fourth-order valence-corrected chi connectivity index (χ4v) is 3.91. The maximum Gasteiger partial charge on any atom is 0.264 e. The second-order valence-electron chi connectivity index (χ2n) is 5.83. The van der Waals surface area contributed by atoms with Gasteiger partial charge < -0.3 is 9.88 Å². The number of aromatic nitrogens is 3. The normalized spacial score (nSPS) is 18.0. The molecule has 1 aliphatic heterocycles. The lowest BCUT2D eigenvalue weighted by Crippen LogP contribution is -2.34. The maximum atomic E-state index is 12.9. The van der Waals surface area contributed by atoms with Gasteiger partial charge in [-0.15, -0.1) is 0 Å². The molecule has 1 amide bonds. The molecule has 23 heavy (non-hydrogen) atoms. The Morgan fingerprint density at radius 2 is 2.35 bits per heavy atom. The number of thiophene rings is 1. The number of amides is 1. The Hall–Kier alpha value is -2.41. The number of nitrogens with zero attached hydrogens (tertiary/aromatic N) is 3. The molecule has 0 bridgehead atoms. The predicted molar refractivity (Wildman–Crippen MR) is 87.9 cm³/mol. The number of hydrogen-bond acceptors (Lipinski definition) is 4. The van der Waals surface area contributed by atoms with Crippen molar-refractivity contribution in [1.29, 1.82) is 0 Å². The maximum absolute atomic E-state index is 12.9. The number of aryl methyl sites for hydroxylation is 1. The van der Waals surface area contributed by atoms with Crippen LogP contribution in [-0.4, -0.2) is 31.9 Å². The number of fused-ring (bicyclic) bond motifs is 1. The fraction of sp³-hybridized carbons (Fsp3) is 0.312. The third-order valence-corrected chi connectivity index (χ3v) is 4.97. The quantitative estimate of drug-likeness (QED) is 0.785. The zero-order chi connectivity index (χ0) is 16.0. The van der Waals surface area contributed by atoms with Crippen molar-refractivity contribution in [3.63, 3.8) is 0 Å². The van der Waals surface area contributed by atoms with E-state index in [1.165, 1.54) is 6.20 Å². The molecule has 3 aromatic rings. The smallest absolute Gasteiger partial charge is 0.264 e. The number of hydrogen-bond donors (Lipinski definition) is 1. The van der Waals surface area contributed by atoms with Crippen LogP contribution in [0, 0.1) is 6.92 Å². The minimum atomic E-state index is -0.363. The average Bonchev–Trinajstić information content (AvgIpc) is 3.24. The molecule has 0 saturated carbocycles. The lowest BCUT2D eigenvalue weighted by Gasteiger charge is -2.23. The molecule has 4 rings (SSSR count). The Kier molecular flexibility index (Phi) is 3.30. The van der Waals surface area contributed by atoms with Crippen molar-refractivity contribution in [3.8, 4) is 0 Å². The van der Waals surface area contributed by atoms with Crippen molar-refractivity contribution in [2.45, 2.75) is 25.8 Å². The minimum Gasteiger partial charge on any atom is -0.331 e. The number of rotatable bonds is 2. The lowest BCUT2D eigenvalue weighted by atomic mass is 10.1. The predicted octanol–water partition coefficient (Wildman–Crippen LogP) is 2.37. The standard InChI is InChI=1S/C16H16N4O2S/c1-10-7-14-17-15(21)12(8-20(14)18-10)16(22)19-5-2-3-13(19)11-4-6-23-9-11/h4,6-9,13H,2-3,5H2,1H3,(H,17,21)/t13-/m1/s1. The van der Waals surface area contributed by atoms with E-state index in [0.29, 0.717) is 12.2 Å². The van der Waals surface area contributed by atoms with E-state index in [0.717, 1.165) is 24.1 Å². The van der Waals surface area contributed by atoms with E-state index in [2.05, 4.69) is 15.5 Å². The van der Waals surface area contributed by atoms with Crippen LogP contribution in [0.15, 0.2) is 33.9 Å². The summed E-state index contributed by atoms with van der Waals surface area (Å²) < 4.78 is 1.56. The molecule has 0 unspecified atom stereocenters. The Balaban J connectivity index is 1.73. The first-order valence-electron chi connectivity index (χ1n) is 7.56. The third kappa shape index (κ3) is 2.37. The Labute approximate surface area is 136 Å². The van der Waals surface area contributed by atoms with Gasteiger partial charge in [-0.25, -0.2) is 4.52 Å². The number of carbonyl (C=O) groups excluding carboxylic acids is 1. The van der Waals surface area contributed by atoms with E-state index < -0.39 is 0 Å².